The number of rotatable bonds is 4. The zero-order valence-electron chi connectivity index (χ0n) is 12.7. The summed E-state index contributed by atoms with van der Waals surface area (Å²) in [6.07, 6.45) is 2.91. The first kappa shape index (κ1) is 14.5. The third-order valence-corrected chi connectivity index (χ3v) is 4.97. The molecule has 4 nitrogen and oxygen atoms in total. The molecule has 0 unspecified atom stereocenters. The number of aromatic nitrogens is 2. The van der Waals surface area contributed by atoms with Gasteiger partial charge in [-0.3, -0.25) is 9.88 Å². The van der Waals surface area contributed by atoms with E-state index >= 15 is 0 Å². The van der Waals surface area contributed by atoms with Crippen LogP contribution in [0.15, 0.2) is 29.8 Å². The van der Waals surface area contributed by atoms with E-state index in [1.165, 1.54) is 10.8 Å². The predicted octanol–water partition coefficient (Wildman–Crippen LogP) is 2.60. The molecule has 0 aromatic carbocycles. The summed E-state index contributed by atoms with van der Waals surface area (Å²) in [5.74, 6) is 0. The summed E-state index contributed by atoms with van der Waals surface area (Å²) in [6, 6.07) is 6.67. The number of pyridine rings is 1. The van der Waals surface area contributed by atoms with Gasteiger partial charge in [0.2, 0.25) is 0 Å². The van der Waals surface area contributed by atoms with Gasteiger partial charge >= 0.3 is 0 Å². The fourth-order valence-corrected chi connectivity index (χ4v) is 3.74. The van der Waals surface area contributed by atoms with Gasteiger partial charge in [-0.1, -0.05) is 6.07 Å². The second-order valence-electron chi connectivity index (χ2n) is 5.69. The van der Waals surface area contributed by atoms with Crippen molar-refractivity contribution < 1.29 is 0 Å². The van der Waals surface area contributed by atoms with E-state index in [2.05, 4.69) is 51.1 Å². The largest absolute Gasteiger partial charge is 0.343 e. The Morgan fingerprint density at radius 2 is 2.24 bits per heavy atom. The van der Waals surface area contributed by atoms with E-state index in [0.29, 0.717) is 6.04 Å². The van der Waals surface area contributed by atoms with Gasteiger partial charge in [0, 0.05) is 55.9 Å². The normalized spacial score (nSPS) is 19.9. The Balaban J connectivity index is 1.53. The number of nitrogens with zero attached hydrogens (tertiary/aromatic N) is 4. The molecule has 0 N–H and O–H groups in total. The van der Waals surface area contributed by atoms with Crippen LogP contribution in [0.3, 0.4) is 0 Å². The molecule has 0 aliphatic carbocycles. The van der Waals surface area contributed by atoms with E-state index in [9.17, 15) is 0 Å². The van der Waals surface area contributed by atoms with Crippen LogP contribution in [0.2, 0.25) is 0 Å². The van der Waals surface area contributed by atoms with Crippen LogP contribution in [-0.4, -0.2) is 47.1 Å². The molecule has 1 aliphatic heterocycles. The zero-order valence-corrected chi connectivity index (χ0v) is 13.5. The van der Waals surface area contributed by atoms with Gasteiger partial charge in [0.05, 0.1) is 5.69 Å². The highest BCUT2D eigenvalue weighted by molar-refractivity contribution is 7.13. The van der Waals surface area contributed by atoms with Crippen LogP contribution in [0.4, 0.5) is 5.13 Å². The van der Waals surface area contributed by atoms with Crippen molar-refractivity contribution in [1.82, 2.24) is 14.9 Å². The van der Waals surface area contributed by atoms with Gasteiger partial charge in [-0.2, -0.15) is 0 Å². The van der Waals surface area contributed by atoms with Gasteiger partial charge in [0.15, 0.2) is 5.13 Å². The summed E-state index contributed by atoms with van der Waals surface area (Å²) in [5.41, 5.74) is 2.31. The van der Waals surface area contributed by atoms with Crippen LogP contribution < -0.4 is 4.90 Å². The molecule has 112 valence electrons. The first-order chi connectivity index (χ1) is 10.2. The van der Waals surface area contributed by atoms with E-state index in [1.807, 2.05) is 12.3 Å². The fourth-order valence-electron chi connectivity index (χ4n) is 2.81. The molecule has 0 bridgehead atoms. The Labute approximate surface area is 130 Å². The fraction of sp³-hybridized carbons (Fsp3) is 0.500. The van der Waals surface area contributed by atoms with Crippen LogP contribution in [0.25, 0.3) is 0 Å². The lowest BCUT2D eigenvalue weighted by molar-refractivity contribution is 0.230. The summed E-state index contributed by atoms with van der Waals surface area (Å²) in [4.78, 5) is 14.0. The topological polar surface area (TPSA) is 32.3 Å². The summed E-state index contributed by atoms with van der Waals surface area (Å²) >= 11 is 1.76. The first-order valence-electron chi connectivity index (χ1n) is 7.53. The van der Waals surface area contributed by atoms with Crippen LogP contribution in [-0.2, 0) is 6.42 Å². The average Bonchev–Trinajstić information content (AvgIpc) is 2.92. The van der Waals surface area contributed by atoms with Crippen LogP contribution >= 0.6 is 11.3 Å². The lowest BCUT2D eigenvalue weighted by Gasteiger charge is -2.39. The zero-order chi connectivity index (χ0) is 14.7. The average molecular weight is 302 g/mol. The number of anilines is 1. The lowest BCUT2D eigenvalue weighted by Crippen LogP contribution is -2.52. The molecule has 0 amide bonds. The Morgan fingerprint density at radius 1 is 1.33 bits per heavy atom. The highest BCUT2D eigenvalue weighted by Gasteiger charge is 2.25. The van der Waals surface area contributed by atoms with Crippen LogP contribution in [0.1, 0.15) is 18.3 Å². The second kappa shape index (κ2) is 6.54. The number of thiazole rings is 1. The molecule has 5 heteroatoms. The molecule has 1 aliphatic rings. The van der Waals surface area contributed by atoms with Gasteiger partial charge in [-0.25, -0.2) is 4.98 Å². The van der Waals surface area contributed by atoms with Crippen LogP contribution in [0.5, 0.6) is 0 Å². The van der Waals surface area contributed by atoms with Crippen molar-refractivity contribution in [3.8, 4) is 0 Å². The number of hydrogen-bond acceptors (Lipinski definition) is 5. The van der Waals surface area contributed by atoms with Gasteiger partial charge in [-0.15, -0.1) is 11.3 Å². The molecular weight excluding hydrogens is 280 g/mol. The van der Waals surface area contributed by atoms with Gasteiger partial charge in [-0.05, 0) is 26.0 Å². The summed E-state index contributed by atoms with van der Waals surface area (Å²) in [7, 11) is 0. The maximum Gasteiger partial charge on any atom is 0.185 e. The van der Waals surface area contributed by atoms with Crippen molar-refractivity contribution in [2.24, 2.45) is 0 Å². The summed E-state index contributed by atoms with van der Waals surface area (Å²) in [6.45, 7) is 8.72. The highest BCUT2D eigenvalue weighted by Crippen LogP contribution is 2.24. The molecule has 3 rings (SSSR count). The molecule has 0 spiro atoms. The van der Waals surface area contributed by atoms with Crippen molar-refractivity contribution >= 4 is 16.5 Å². The van der Waals surface area contributed by atoms with Crippen LogP contribution in [0, 0.1) is 6.92 Å². The SMILES string of the molecule is Cc1csc(N2CCN(CCc3ccccn3)C[C@H]2C)n1. The van der Waals surface area contributed by atoms with Crippen molar-refractivity contribution in [3.63, 3.8) is 0 Å². The van der Waals surface area contributed by atoms with E-state index in [-0.39, 0.29) is 0 Å². The van der Waals surface area contributed by atoms with Gasteiger partial charge < -0.3 is 4.90 Å². The maximum atomic E-state index is 4.62. The summed E-state index contributed by atoms with van der Waals surface area (Å²) in [5, 5.41) is 3.31. The molecule has 2 aromatic rings. The lowest BCUT2D eigenvalue weighted by atomic mass is 10.2. The molecule has 1 saturated heterocycles. The minimum Gasteiger partial charge on any atom is -0.343 e. The molecular formula is C16H22N4S. The maximum absolute atomic E-state index is 4.62. The third-order valence-electron chi connectivity index (χ3n) is 3.97. The Bertz CT molecular complexity index is 569. The van der Waals surface area contributed by atoms with Crippen molar-refractivity contribution in [2.45, 2.75) is 26.3 Å². The predicted molar refractivity (Wildman–Crippen MR) is 88.0 cm³/mol. The Hall–Kier alpha value is -1.46. The molecule has 0 saturated carbocycles. The minimum atomic E-state index is 0.521. The van der Waals surface area contributed by atoms with E-state index in [4.69, 9.17) is 0 Å². The third kappa shape index (κ3) is 3.60. The number of aryl methyl sites for hydroxylation is 1. The number of hydrogen-bond donors (Lipinski definition) is 0. The molecule has 1 fully saturated rings. The summed E-state index contributed by atoms with van der Waals surface area (Å²) < 4.78 is 0. The minimum absolute atomic E-state index is 0.521. The van der Waals surface area contributed by atoms with Crippen molar-refractivity contribution in [1.29, 1.82) is 0 Å². The van der Waals surface area contributed by atoms with Gasteiger partial charge in [0.1, 0.15) is 0 Å². The first-order valence-corrected chi connectivity index (χ1v) is 8.41. The molecule has 2 aromatic heterocycles. The smallest absolute Gasteiger partial charge is 0.185 e. The molecule has 1 atom stereocenters. The number of piperazine rings is 1. The Kier molecular flexibility index (Phi) is 4.51. The van der Waals surface area contributed by atoms with Crippen molar-refractivity contribution in [3.05, 3.63) is 41.2 Å². The van der Waals surface area contributed by atoms with E-state index in [1.54, 1.807) is 11.3 Å². The Morgan fingerprint density at radius 3 is 2.90 bits per heavy atom. The quantitative estimate of drug-likeness (QED) is 0.869. The monoisotopic (exact) mass is 302 g/mol. The van der Waals surface area contributed by atoms with Gasteiger partial charge in [0.25, 0.3) is 0 Å². The van der Waals surface area contributed by atoms with Crippen molar-refractivity contribution in [2.75, 3.05) is 31.1 Å². The molecule has 3 heterocycles. The van der Waals surface area contributed by atoms with E-state index in [0.717, 1.165) is 38.3 Å². The molecule has 0 radical (unpaired) electrons. The standard InChI is InChI=1S/C16H22N4S/c1-13-12-21-16(18-13)20-10-9-19(11-14(20)2)8-6-15-5-3-4-7-17-15/h3-5,7,12,14H,6,8-11H2,1-2H3/t14-/m1/s1. The molecule has 21 heavy (non-hydrogen) atoms. The second-order valence-corrected chi connectivity index (χ2v) is 6.52. The highest BCUT2D eigenvalue weighted by atomic mass is 32.1. The van der Waals surface area contributed by atoms with E-state index < -0.39 is 0 Å².